The minimum Gasteiger partial charge on any atom is -0.494 e. The Bertz CT molecular complexity index is 813. The fourth-order valence-electron chi connectivity index (χ4n) is 4.09. The van der Waals surface area contributed by atoms with Crippen LogP contribution in [0.1, 0.15) is 114 Å². The van der Waals surface area contributed by atoms with E-state index in [-0.39, 0.29) is 12.1 Å². The molecular weight excluding hydrogens is 448 g/mol. The molecule has 2 rings (SSSR count). The fraction of sp³-hybridized carbons (Fsp3) is 0.594. The number of hydrogen-bond acceptors (Lipinski definition) is 4. The van der Waals surface area contributed by atoms with Crippen LogP contribution >= 0.6 is 0 Å². The number of carbonyl (C=O) groups is 1. The molecule has 0 aliphatic carbocycles. The van der Waals surface area contributed by atoms with E-state index in [1.807, 2.05) is 36.4 Å². The molecule has 0 aliphatic rings. The van der Waals surface area contributed by atoms with E-state index in [9.17, 15) is 4.79 Å². The third-order valence-electron chi connectivity index (χ3n) is 6.48. The molecule has 0 aromatic heterocycles. The van der Waals surface area contributed by atoms with E-state index in [1.54, 1.807) is 12.1 Å². The summed E-state index contributed by atoms with van der Waals surface area (Å²) in [6, 6.07) is 15.0. The summed E-state index contributed by atoms with van der Waals surface area (Å²) >= 11 is 0. The first-order chi connectivity index (χ1) is 17.6. The highest BCUT2D eigenvalue weighted by Gasteiger charge is 2.09. The Morgan fingerprint density at radius 2 is 1.25 bits per heavy atom. The van der Waals surface area contributed by atoms with Gasteiger partial charge < -0.3 is 14.2 Å². The van der Waals surface area contributed by atoms with Gasteiger partial charge in [-0.3, -0.25) is 0 Å². The lowest BCUT2D eigenvalue weighted by atomic mass is 10.1. The van der Waals surface area contributed by atoms with Crippen LogP contribution in [0.4, 0.5) is 0 Å². The number of esters is 1. The summed E-state index contributed by atoms with van der Waals surface area (Å²) in [6.07, 6.45) is 16.0. The van der Waals surface area contributed by atoms with Crippen molar-refractivity contribution in [2.24, 2.45) is 0 Å². The number of rotatable bonds is 20. The van der Waals surface area contributed by atoms with Gasteiger partial charge in [-0.1, -0.05) is 83.8 Å². The number of hydrogen-bond donors (Lipinski definition) is 0. The first-order valence-corrected chi connectivity index (χ1v) is 14.3. The van der Waals surface area contributed by atoms with Gasteiger partial charge in [-0.2, -0.15) is 0 Å². The highest BCUT2D eigenvalue weighted by atomic mass is 16.5. The quantitative estimate of drug-likeness (QED) is 0.104. The molecule has 0 heterocycles. The summed E-state index contributed by atoms with van der Waals surface area (Å²) in [5.41, 5.74) is 1.74. The molecule has 200 valence electrons. The van der Waals surface area contributed by atoms with Crippen LogP contribution in [-0.4, -0.2) is 25.3 Å². The summed E-state index contributed by atoms with van der Waals surface area (Å²) < 4.78 is 17.3. The molecule has 4 heteroatoms. The zero-order valence-electron chi connectivity index (χ0n) is 22.9. The second-order valence-corrected chi connectivity index (χ2v) is 9.81. The minimum absolute atomic E-state index is 0.256. The summed E-state index contributed by atoms with van der Waals surface area (Å²) in [6.45, 7) is 8.15. The number of aryl methyl sites for hydroxylation is 1. The van der Waals surface area contributed by atoms with Crippen LogP contribution in [0, 0.1) is 0 Å². The van der Waals surface area contributed by atoms with E-state index in [0.29, 0.717) is 11.3 Å². The van der Waals surface area contributed by atoms with Gasteiger partial charge in [-0.05, 0) is 74.6 Å². The molecule has 0 amide bonds. The second kappa shape index (κ2) is 18.9. The summed E-state index contributed by atoms with van der Waals surface area (Å²) in [7, 11) is 0. The molecule has 0 saturated heterocycles. The van der Waals surface area contributed by atoms with Gasteiger partial charge in [0.15, 0.2) is 0 Å². The Morgan fingerprint density at radius 1 is 0.694 bits per heavy atom. The summed E-state index contributed by atoms with van der Waals surface area (Å²) in [5, 5.41) is 0. The first kappa shape index (κ1) is 29.9. The predicted molar refractivity (Wildman–Crippen MR) is 149 cm³/mol. The minimum atomic E-state index is -0.355. The molecular formula is C32H48O4. The second-order valence-electron chi connectivity index (χ2n) is 9.81. The van der Waals surface area contributed by atoms with Crippen LogP contribution in [0.2, 0.25) is 0 Å². The number of ether oxygens (including phenoxy) is 3. The normalized spacial score (nSPS) is 11.9. The van der Waals surface area contributed by atoms with Gasteiger partial charge >= 0.3 is 5.97 Å². The van der Waals surface area contributed by atoms with E-state index in [2.05, 4.69) is 20.8 Å². The molecule has 1 unspecified atom stereocenters. The van der Waals surface area contributed by atoms with Crippen molar-refractivity contribution < 1.29 is 19.0 Å². The van der Waals surface area contributed by atoms with Gasteiger partial charge in [-0.15, -0.1) is 0 Å². The van der Waals surface area contributed by atoms with Crippen molar-refractivity contribution in [2.75, 3.05) is 13.2 Å². The molecule has 2 aromatic rings. The lowest BCUT2D eigenvalue weighted by Crippen LogP contribution is -2.10. The van der Waals surface area contributed by atoms with Crippen molar-refractivity contribution in [2.45, 2.75) is 110 Å². The molecule has 0 saturated carbocycles. The fourth-order valence-corrected chi connectivity index (χ4v) is 4.09. The molecule has 1 atom stereocenters. The largest absolute Gasteiger partial charge is 0.494 e. The highest BCUT2D eigenvalue weighted by Crippen LogP contribution is 2.18. The van der Waals surface area contributed by atoms with Crippen molar-refractivity contribution in [1.29, 1.82) is 0 Å². The first-order valence-electron chi connectivity index (χ1n) is 14.3. The molecule has 2 aromatic carbocycles. The Hall–Kier alpha value is -2.33. The summed E-state index contributed by atoms with van der Waals surface area (Å²) in [4.78, 5) is 12.5. The molecule has 0 fully saturated rings. The van der Waals surface area contributed by atoms with Crippen LogP contribution in [0.3, 0.4) is 0 Å². The van der Waals surface area contributed by atoms with E-state index >= 15 is 0 Å². The smallest absolute Gasteiger partial charge is 0.343 e. The van der Waals surface area contributed by atoms with Crippen LogP contribution in [0.5, 0.6) is 11.5 Å². The maximum atomic E-state index is 12.5. The molecule has 0 N–H and O–H groups in total. The van der Waals surface area contributed by atoms with E-state index in [4.69, 9.17) is 14.2 Å². The molecule has 36 heavy (non-hydrogen) atoms. The van der Waals surface area contributed by atoms with Crippen molar-refractivity contribution >= 4 is 5.97 Å². The van der Waals surface area contributed by atoms with Crippen LogP contribution in [-0.2, 0) is 11.2 Å². The third-order valence-corrected chi connectivity index (χ3v) is 6.48. The highest BCUT2D eigenvalue weighted by molar-refractivity contribution is 5.91. The van der Waals surface area contributed by atoms with Crippen LogP contribution < -0.4 is 9.47 Å². The van der Waals surface area contributed by atoms with Crippen molar-refractivity contribution in [3.05, 3.63) is 59.7 Å². The Labute approximate surface area is 219 Å². The maximum absolute atomic E-state index is 12.5. The van der Waals surface area contributed by atoms with Crippen LogP contribution in [0.15, 0.2) is 48.5 Å². The molecule has 4 nitrogen and oxygen atoms in total. The number of benzene rings is 2. The van der Waals surface area contributed by atoms with Gasteiger partial charge in [0.05, 0.1) is 18.3 Å². The monoisotopic (exact) mass is 496 g/mol. The number of carbonyl (C=O) groups excluding carboxylic acids is 1. The van der Waals surface area contributed by atoms with E-state index in [0.717, 1.165) is 44.6 Å². The lowest BCUT2D eigenvalue weighted by molar-refractivity contribution is 0.0579. The lowest BCUT2D eigenvalue weighted by Gasteiger charge is -2.13. The van der Waals surface area contributed by atoms with Gasteiger partial charge in [0, 0.05) is 6.61 Å². The Morgan fingerprint density at radius 3 is 1.92 bits per heavy atom. The molecule has 0 bridgehead atoms. The van der Waals surface area contributed by atoms with Crippen molar-refractivity contribution in [1.82, 2.24) is 0 Å². The zero-order chi connectivity index (χ0) is 25.8. The standard InChI is InChI=1S/C32H48O4/c1-4-6-8-9-10-11-12-14-26-35-30-23-19-29(20-24-30)32(33)36-31-21-17-28(18-22-31)16-15-27(3)34-25-13-7-5-2/h17-24,27H,4-16,25-26H2,1-3H3. The number of unbranched alkanes of at least 4 members (excludes halogenated alkanes) is 9. The van der Waals surface area contributed by atoms with E-state index in [1.165, 1.54) is 63.4 Å². The summed E-state index contributed by atoms with van der Waals surface area (Å²) in [5.74, 6) is 0.997. The van der Waals surface area contributed by atoms with Gasteiger partial charge in [0.25, 0.3) is 0 Å². The SMILES string of the molecule is CCCCCCCCCCOc1ccc(C(=O)Oc2ccc(CCC(C)OCCCCC)cc2)cc1. The van der Waals surface area contributed by atoms with Gasteiger partial charge in [-0.25, -0.2) is 4.79 Å². The molecule has 0 aliphatic heterocycles. The van der Waals surface area contributed by atoms with Gasteiger partial charge in [0.1, 0.15) is 11.5 Å². The van der Waals surface area contributed by atoms with E-state index < -0.39 is 0 Å². The Balaban J connectivity index is 1.64. The molecule has 0 radical (unpaired) electrons. The van der Waals surface area contributed by atoms with Crippen molar-refractivity contribution in [3.63, 3.8) is 0 Å². The maximum Gasteiger partial charge on any atom is 0.343 e. The third kappa shape index (κ3) is 13.1. The Kier molecular flexibility index (Phi) is 15.7. The predicted octanol–water partition coefficient (Wildman–Crippen LogP) is 8.95. The van der Waals surface area contributed by atoms with Crippen molar-refractivity contribution in [3.8, 4) is 11.5 Å². The average Bonchev–Trinajstić information content (AvgIpc) is 2.90. The van der Waals surface area contributed by atoms with Gasteiger partial charge in [0.2, 0.25) is 0 Å². The zero-order valence-corrected chi connectivity index (χ0v) is 22.9. The van der Waals surface area contributed by atoms with Crippen LogP contribution in [0.25, 0.3) is 0 Å². The molecule has 0 spiro atoms. The average molecular weight is 497 g/mol. The topological polar surface area (TPSA) is 44.8 Å².